The number of halogens is 1. The molecule has 6 nitrogen and oxygen atoms in total. The first kappa shape index (κ1) is 15.8. The van der Waals surface area contributed by atoms with Crippen LogP contribution in [0.2, 0.25) is 0 Å². The van der Waals surface area contributed by atoms with Crippen LogP contribution < -0.4 is 10.6 Å². The van der Waals surface area contributed by atoms with E-state index in [1.165, 1.54) is 11.8 Å². The Hall–Kier alpha value is -1.54. The molecule has 8 heteroatoms. The third kappa shape index (κ3) is 4.47. The quantitative estimate of drug-likeness (QED) is 0.842. The van der Waals surface area contributed by atoms with Gasteiger partial charge in [-0.25, -0.2) is 0 Å². The fourth-order valence-corrected chi connectivity index (χ4v) is 3.38. The number of hydrogen-bond acceptors (Lipinski definition) is 6. The molecule has 21 heavy (non-hydrogen) atoms. The molecule has 2 N–H and O–H groups in total. The monoisotopic (exact) mass is 369 g/mol. The normalized spacial score (nSPS) is 12.0. The van der Waals surface area contributed by atoms with Crippen LogP contribution >= 0.6 is 27.3 Å². The van der Waals surface area contributed by atoms with Gasteiger partial charge >= 0.3 is 0 Å². The van der Waals surface area contributed by atoms with Crippen LogP contribution in [-0.4, -0.2) is 20.9 Å². The average molecular weight is 370 g/mol. The highest BCUT2D eigenvalue weighted by Crippen LogP contribution is 2.29. The Kier molecular flexibility index (Phi) is 5.24. The van der Waals surface area contributed by atoms with Gasteiger partial charge in [-0.15, -0.1) is 11.3 Å². The molecule has 2 aromatic heterocycles. The van der Waals surface area contributed by atoms with Crippen molar-refractivity contribution in [2.24, 2.45) is 0 Å². The number of aromatic nitrogens is 3. The van der Waals surface area contributed by atoms with E-state index >= 15 is 0 Å². The molecule has 2 heterocycles. The van der Waals surface area contributed by atoms with E-state index in [0.29, 0.717) is 11.8 Å². The highest BCUT2D eigenvalue weighted by atomic mass is 79.9. The first-order chi connectivity index (χ1) is 9.97. The number of rotatable bonds is 5. The average Bonchev–Trinajstić information content (AvgIpc) is 2.81. The van der Waals surface area contributed by atoms with Gasteiger partial charge in [-0.05, 0) is 35.3 Å². The third-order valence-corrected chi connectivity index (χ3v) is 4.49. The fraction of sp³-hybridized carbons (Fsp3) is 0.385. The number of anilines is 2. The van der Waals surface area contributed by atoms with E-state index in [2.05, 4.69) is 54.5 Å². The molecular weight excluding hydrogens is 354 g/mol. The number of nitrogens with zero attached hydrogens (tertiary/aromatic N) is 3. The van der Waals surface area contributed by atoms with E-state index in [0.717, 1.165) is 10.9 Å². The molecular formula is C13H16BrN5OS. The molecule has 0 bridgehead atoms. The summed E-state index contributed by atoms with van der Waals surface area (Å²) in [6.07, 6.45) is 0.896. The molecule has 0 radical (unpaired) electrons. The van der Waals surface area contributed by atoms with Gasteiger partial charge in [-0.1, -0.05) is 6.92 Å². The third-order valence-electron chi connectivity index (χ3n) is 2.68. The van der Waals surface area contributed by atoms with Crippen molar-refractivity contribution in [2.75, 3.05) is 10.6 Å². The van der Waals surface area contributed by atoms with Crippen LogP contribution in [0.5, 0.6) is 0 Å². The van der Waals surface area contributed by atoms with E-state index in [1.54, 1.807) is 18.3 Å². The zero-order chi connectivity index (χ0) is 15.4. The summed E-state index contributed by atoms with van der Waals surface area (Å²) in [6.45, 7) is 5.28. The molecule has 0 aliphatic heterocycles. The van der Waals surface area contributed by atoms with E-state index in [1.807, 2.05) is 5.38 Å². The molecule has 1 atom stereocenters. The molecule has 0 aliphatic carbocycles. The van der Waals surface area contributed by atoms with Crippen LogP contribution in [0.25, 0.3) is 0 Å². The van der Waals surface area contributed by atoms with Crippen LogP contribution in [0.15, 0.2) is 15.9 Å². The van der Waals surface area contributed by atoms with Crippen LogP contribution in [0.1, 0.15) is 37.0 Å². The van der Waals surface area contributed by atoms with Gasteiger partial charge in [0.15, 0.2) is 0 Å². The lowest BCUT2D eigenvalue weighted by Gasteiger charge is -2.16. The van der Waals surface area contributed by atoms with Gasteiger partial charge < -0.3 is 5.32 Å². The number of amides is 1. The lowest BCUT2D eigenvalue weighted by atomic mass is 10.2. The molecule has 112 valence electrons. The van der Waals surface area contributed by atoms with E-state index in [-0.39, 0.29) is 17.9 Å². The predicted molar refractivity (Wildman–Crippen MR) is 87.5 cm³/mol. The van der Waals surface area contributed by atoms with Crippen LogP contribution in [0.4, 0.5) is 11.9 Å². The molecule has 0 fully saturated rings. The minimum Gasteiger partial charge on any atom is -0.346 e. The number of hydrogen-bond donors (Lipinski definition) is 2. The van der Waals surface area contributed by atoms with Crippen molar-refractivity contribution >= 4 is 45.1 Å². The molecule has 1 amide bonds. The second-order valence-electron chi connectivity index (χ2n) is 4.48. The molecule has 0 saturated heterocycles. The van der Waals surface area contributed by atoms with Crippen molar-refractivity contribution in [1.82, 2.24) is 15.0 Å². The largest absolute Gasteiger partial charge is 0.346 e. The number of nitrogens with one attached hydrogen (secondary N) is 2. The highest BCUT2D eigenvalue weighted by Gasteiger charge is 2.14. The maximum absolute atomic E-state index is 11.1. The first-order valence-corrected chi connectivity index (χ1v) is 8.16. The number of carbonyl (C=O) groups excluding carboxylic acids is 1. The van der Waals surface area contributed by atoms with Crippen LogP contribution in [-0.2, 0) is 4.79 Å². The second-order valence-corrected chi connectivity index (χ2v) is 6.34. The Labute approximate surface area is 135 Å². The number of thiophene rings is 1. The summed E-state index contributed by atoms with van der Waals surface area (Å²) in [4.78, 5) is 24.9. The molecule has 0 aromatic carbocycles. The molecule has 2 rings (SSSR count). The summed E-state index contributed by atoms with van der Waals surface area (Å²) in [7, 11) is 0. The number of aryl methyl sites for hydroxylation is 1. The summed E-state index contributed by atoms with van der Waals surface area (Å²) < 4.78 is 1.06. The second kappa shape index (κ2) is 6.95. The summed E-state index contributed by atoms with van der Waals surface area (Å²) in [6, 6.07) is 2.20. The Morgan fingerprint density at radius 1 is 1.38 bits per heavy atom. The lowest BCUT2D eigenvalue weighted by Crippen LogP contribution is -2.15. The smallest absolute Gasteiger partial charge is 0.234 e. The van der Waals surface area contributed by atoms with Gasteiger partial charge in [0.25, 0.3) is 0 Å². The molecule has 0 aliphatic rings. The molecule has 0 saturated carbocycles. The van der Waals surface area contributed by atoms with Gasteiger partial charge in [-0.3, -0.25) is 10.1 Å². The van der Waals surface area contributed by atoms with Gasteiger partial charge in [-0.2, -0.15) is 15.0 Å². The Bertz CT molecular complexity index is 645. The predicted octanol–water partition coefficient (Wildman–Crippen LogP) is 3.53. The SMILES string of the molecule is CCC(Nc1nc(C)nc(NC(C)=O)n1)c1cc(Br)cs1. The summed E-state index contributed by atoms with van der Waals surface area (Å²) in [5, 5.41) is 7.91. The van der Waals surface area contributed by atoms with Gasteiger partial charge in [0, 0.05) is 21.7 Å². The van der Waals surface area contributed by atoms with Crippen molar-refractivity contribution in [3.05, 3.63) is 26.6 Å². The van der Waals surface area contributed by atoms with Crippen molar-refractivity contribution in [2.45, 2.75) is 33.2 Å². The minimum atomic E-state index is -0.208. The standard InChI is InChI=1S/C13H16BrN5OS/c1-4-10(11-5-9(14)6-21-11)18-13-16-7(2)15-12(19-13)17-8(3)20/h5-6,10H,4H2,1-3H3,(H2,15,16,17,18,19,20). The topological polar surface area (TPSA) is 79.8 Å². The fourth-order valence-electron chi connectivity index (χ4n) is 1.80. The molecule has 2 aromatic rings. The lowest BCUT2D eigenvalue weighted by molar-refractivity contribution is -0.114. The van der Waals surface area contributed by atoms with E-state index in [4.69, 9.17) is 0 Å². The summed E-state index contributed by atoms with van der Waals surface area (Å²) >= 11 is 5.13. The van der Waals surface area contributed by atoms with Gasteiger partial charge in [0.2, 0.25) is 17.8 Å². The van der Waals surface area contributed by atoms with E-state index < -0.39 is 0 Å². The van der Waals surface area contributed by atoms with Crippen LogP contribution in [0, 0.1) is 6.92 Å². The van der Waals surface area contributed by atoms with Crippen molar-refractivity contribution in [3.8, 4) is 0 Å². The minimum absolute atomic E-state index is 0.119. The Balaban J connectivity index is 2.20. The van der Waals surface area contributed by atoms with Crippen molar-refractivity contribution < 1.29 is 4.79 Å². The molecule has 0 spiro atoms. The highest BCUT2D eigenvalue weighted by molar-refractivity contribution is 9.10. The van der Waals surface area contributed by atoms with Crippen molar-refractivity contribution in [3.63, 3.8) is 0 Å². The Morgan fingerprint density at radius 3 is 2.67 bits per heavy atom. The van der Waals surface area contributed by atoms with Crippen LogP contribution in [0.3, 0.4) is 0 Å². The van der Waals surface area contributed by atoms with Gasteiger partial charge in [0.05, 0.1) is 6.04 Å². The first-order valence-electron chi connectivity index (χ1n) is 6.48. The maximum atomic E-state index is 11.1. The van der Waals surface area contributed by atoms with Gasteiger partial charge in [0.1, 0.15) is 5.82 Å². The number of carbonyl (C=O) groups is 1. The zero-order valence-corrected chi connectivity index (χ0v) is 14.4. The maximum Gasteiger partial charge on any atom is 0.234 e. The zero-order valence-electron chi connectivity index (χ0n) is 12.0. The summed E-state index contributed by atoms with van der Waals surface area (Å²) in [5.74, 6) is 1.07. The Morgan fingerprint density at radius 2 is 2.10 bits per heavy atom. The van der Waals surface area contributed by atoms with E-state index in [9.17, 15) is 4.79 Å². The van der Waals surface area contributed by atoms with Crippen molar-refractivity contribution in [1.29, 1.82) is 0 Å². The molecule has 1 unspecified atom stereocenters. The summed E-state index contributed by atoms with van der Waals surface area (Å²) in [5.41, 5.74) is 0.